The number of hydrogen-bond donors (Lipinski definition) is 1. The lowest BCUT2D eigenvalue weighted by Gasteiger charge is -2.21. The van der Waals surface area contributed by atoms with Crippen LogP contribution in [0.2, 0.25) is 0 Å². The molecule has 0 saturated heterocycles. The molecule has 0 saturated carbocycles. The van der Waals surface area contributed by atoms with Crippen LogP contribution < -0.4 is 9.47 Å². The summed E-state index contributed by atoms with van der Waals surface area (Å²) in [5.41, 5.74) is 4.33. The molecule has 0 fully saturated rings. The van der Waals surface area contributed by atoms with Crippen molar-refractivity contribution < 1.29 is 14.6 Å². The number of aliphatic hydroxyl groups is 1. The molecule has 4 nitrogen and oxygen atoms in total. The van der Waals surface area contributed by atoms with E-state index >= 15 is 0 Å². The molecule has 0 bridgehead atoms. The first-order valence-electron chi connectivity index (χ1n) is 10.0. The summed E-state index contributed by atoms with van der Waals surface area (Å²) in [6, 6.07) is 24.3. The Kier molecular flexibility index (Phi) is 6.13. The summed E-state index contributed by atoms with van der Waals surface area (Å²) in [7, 11) is 1.71. The average Bonchev–Trinajstić information content (AvgIpc) is 2.96. The Morgan fingerprint density at radius 3 is 2.66 bits per heavy atom. The van der Waals surface area contributed by atoms with Crippen LogP contribution in [0.25, 0.3) is 0 Å². The Morgan fingerprint density at radius 2 is 1.83 bits per heavy atom. The third kappa shape index (κ3) is 4.78. The summed E-state index contributed by atoms with van der Waals surface area (Å²) in [6.45, 7) is 3.06. The Hall–Kier alpha value is -2.82. The van der Waals surface area contributed by atoms with Crippen molar-refractivity contribution >= 4 is 0 Å². The van der Waals surface area contributed by atoms with Gasteiger partial charge < -0.3 is 14.6 Å². The first-order chi connectivity index (χ1) is 14.2. The lowest BCUT2D eigenvalue weighted by molar-refractivity contribution is 0.178. The summed E-state index contributed by atoms with van der Waals surface area (Å²) in [5.74, 6) is 1.81. The van der Waals surface area contributed by atoms with Gasteiger partial charge in [0.25, 0.3) is 0 Å². The Labute approximate surface area is 172 Å². The summed E-state index contributed by atoms with van der Waals surface area (Å²) in [6.07, 6.45) is 0.0689. The fourth-order valence-electron chi connectivity index (χ4n) is 3.84. The van der Waals surface area contributed by atoms with Crippen molar-refractivity contribution in [1.29, 1.82) is 0 Å². The van der Waals surface area contributed by atoms with Gasteiger partial charge >= 0.3 is 0 Å². The molecule has 150 valence electrons. The highest BCUT2D eigenvalue weighted by Crippen LogP contribution is 2.29. The minimum Gasteiger partial charge on any atom is -0.496 e. The molecule has 0 aromatic heterocycles. The minimum atomic E-state index is -0.534. The van der Waals surface area contributed by atoms with Gasteiger partial charge in [-0.15, -0.1) is 0 Å². The van der Waals surface area contributed by atoms with Crippen molar-refractivity contribution in [3.63, 3.8) is 0 Å². The highest BCUT2D eigenvalue weighted by molar-refractivity contribution is 5.39. The number of para-hydroxylation sites is 1. The van der Waals surface area contributed by atoms with Gasteiger partial charge in [-0.05, 0) is 29.3 Å². The predicted octanol–water partition coefficient (Wildman–Crippen LogP) is 4.37. The maximum Gasteiger partial charge on any atom is 0.123 e. The monoisotopic (exact) mass is 389 g/mol. The summed E-state index contributed by atoms with van der Waals surface area (Å²) >= 11 is 0. The normalized spacial score (nSPS) is 15.1. The van der Waals surface area contributed by atoms with E-state index in [-0.39, 0.29) is 0 Å². The number of ether oxygens (including phenoxy) is 2. The molecule has 1 N–H and O–H groups in total. The van der Waals surface area contributed by atoms with Gasteiger partial charge in [0, 0.05) is 37.2 Å². The fourth-order valence-corrected chi connectivity index (χ4v) is 3.84. The van der Waals surface area contributed by atoms with Gasteiger partial charge in [-0.25, -0.2) is 0 Å². The van der Waals surface area contributed by atoms with E-state index in [0.717, 1.165) is 47.8 Å². The lowest BCUT2D eigenvalue weighted by atomic mass is 9.99. The molecule has 29 heavy (non-hydrogen) atoms. The molecule has 0 unspecified atom stereocenters. The summed E-state index contributed by atoms with van der Waals surface area (Å²) < 4.78 is 11.5. The molecule has 4 rings (SSSR count). The predicted molar refractivity (Wildman–Crippen MR) is 114 cm³/mol. The van der Waals surface area contributed by atoms with Crippen molar-refractivity contribution in [1.82, 2.24) is 4.90 Å². The van der Waals surface area contributed by atoms with E-state index in [2.05, 4.69) is 17.0 Å². The van der Waals surface area contributed by atoms with E-state index in [4.69, 9.17) is 9.47 Å². The number of hydrogen-bond acceptors (Lipinski definition) is 4. The average molecular weight is 389 g/mol. The lowest BCUT2D eigenvalue weighted by Crippen LogP contribution is -2.25. The number of methoxy groups -OCH3 is 1. The van der Waals surface area contributed by atoms with Crippen LogP contribution in [0.1, 0.15) is 28.4 Å². The first-order valence-corrected chi connectivity index (χ1v) is 10.0. The number of benzene rings is 3. The van der Waals surface area contributed by atoms with E-state index in [9.17, 15) is 5.11 Å². The van der Waals surface area contributed by atoms with E-state index in [1.54, 1.807) is 7.11 Å². The molecule has 3 aromatic carbocycles. The maximum atomic E-state index is 10.7. The molecular weight excluding hydrogens is 362 g/mol. The number of fused-ring (bicyclic) bond motifs is 1. The van der Waals surface area contributed by atoms with Gasteiger partial charge in [-0.1, -0.05) is 54.6 Å². The SMILES string of the molecule is COc1ccccc1CN1CCOc2ccc([C@@H](O)Cc3ccccc3)cc2C1. The van der Waals surface area contributed by atoms with Crippen molar-refractivity contribution in [2.75, 3.05) is 20.3 Å². The van der Waals surface area contributed by atoms with Crippen molar-refractivity contribution in [3.05, 3.63) is 95.1 Å². The third-order valence-corrected chi connectivity index (χ3v) is 5.39. The largest absolute Gasteiger partial charge is 0.496 e. The highest BCUT2D eigenvalue weighted by atomic mass is 16.5. The van der Waals surface area contributed by atoms with Gasteiger partial charge in [-0.2, -0.15) is 0 Å². The molecule has 0 amide bonds. The smallest absolute Gasteiger partial charge is 0.123 e. The molecule has 1 atom stereocenters. The van der Waals surface area contributed by atoms with Crippen LogP contribution >= 0.6 is 0 Å². The summed E-state index contributed by atoms with van der Waals surface area (Å²) in [5, 5.41) is 10.7. The quantitative estimate of drug-likeness (QED) is 0.680. The van der Waals surface area contributed by atoms with Crippen molar-refractivity contribution in [2.45, 2.75) is 25.6 Å². The molecule has 1 aliphatic rings. The van der Waals surface area contributed by atoms with Crippen LogP contribution in [-0.2, 0) is 19.5 Å². The molecule has 0 radical (unpaired) electrons. The number of rotatable bonds is 6. The molecule has 0 aliphatic carbocycles. The van der Waals surface area contributed by atoms with Crippen LogP contribution in [0.3, 0.4) is 0 Å². The van der Waals surface area contributed by atoms with Crippen molar-refractivity contribution in [3.8, 4) is 11.5 Å². The van der Waals surface area contributed by atoms with Crippen molar-refractivity contribution in [2.24, 2.45) is 0 Å². The molecule has 3 aromatic rings. The zero-order chi connectivity index (χ0) is 20.1. The molecule has 4 heteroatoms. The molecule has 1 heterocycles. The minimum absolute atomic E-state index is 0.534. The zero-order valence-corrected chi connectivity index (χ0v) is 16.8. The second-order valence-corrected chi connectivity index (χ2v) is 7.44. The molecule has 0 spiro atoms. The van der Waals surface area contributed by atoms with Gasteiger partial charge in [0.1, 0.15) is 18.1 Å². The third-order valence-electron chi connectivity index (χ3n) is 5.39. The van der Waals surface area contributed by atoms with E-state index in [1.165, 1.54) is 5.56 Å². The first kappa shape index (κ1) is 19.5. The summed E-state index contributed by atoms with van der Waals surface area (Å²) in [4.78, 5) is 2.36. The Morgan fingerprint density at radius 1 is 1.03 bits per heavy atom. The Balaban J connectivity index is 1.51. The Bertz CT molecular complexity index is 942. The fraction of sp³-hybridized carbons (Fsp3) is 0.280. The topological polar surface area (TPSA) is 41.9 Å². The standard InChI is InChI=1S/C25H27NO3/c1-28-24-10-6-5-9-21(24)17-26-13-14-29-25-12-11-20(16-22(25)18-26)23(27)15-19-7-3-2-4-8-19/h2-12,16,23,27H,13-15,17-18H2,1H3/t23-/m0/s1. The van der Waals surface area contributed by atoms with Crippen LogP contribution in [0.15, 0.2) is 72.8 Å². The molecular formula is C25H27NO3. The van der Waals surface area contributed by atoms with Gasteiger partial charge in [0.2, 0.25) is 0 Å². The van der Waals surface area contributed by atoms with E-state index in [1.807, 2.05) is 60.7 Å². The zero-order valence-electron chi connectivity index (χ0n) is 16.8. The highest BCUT2D eigenvalue weighted by Gasteiger charge is 2.19. The van der Waals surface area contributed by atoms with Gasteiger partial charge in [0.05, 0.1) is 13.2 Å². The van der Waals surface area contributed by atoms with Crippen LogP contribution in [-0.4, -0.2) is 30.3 Å². The second kappa shape index (κ2) is 9.12. The molecule has 1 aliphatic heterocycles. The number of nitrogens with zero attached hydrogens (tertiary/aromatic N) is 1. The van der Waals surface area contributed by atoms with E-state index in [0.29, 0.717) is 13.0 Å². The number of aliphatic hydroxyl groups excluding tert-OH is 1. The van der Waals surface area contributed by atoms with Gasteiger partial charge in [0.15, 0.2) is 0 Å². The maximum absolute atomic E-state index is 10.7. The van der Waals surface area contributed by atoms with Gasteiger partial charge in [-0.3, -0.25) is 4.90 Å². The van der Waals surface area contributed by atoms with Crippen LogP contribution in [0, 0.1) is 0 Å². The van der Waals surface area contributed by atoms with E-state index < -0.39 is 6.10 Å². The van der Waals surface area contributed by atoms with Crippen LogP contribution in [0.4, 0.5) is 0 Å². The van der Waals surface area contributed by atoms with Crippen LogP contribution in [0.5, 0.6) is 11.5 Å². The second-order valence-electron chi connectivity index (χ2n) is 7.44.